The van der Waals surface area contributed by atoms with Crippen LogP contribution < -0.4 is 5.32 Å². The zero-order valence-corrected chi connectivity index (χ0v) is 10.4. The number of hydrogen-bond donors (Lipinski definition) is 1. The molecule has 96 valence electrons. The molecule has 1 amide bonds. The average Bonchev–Trinajstić information content (AvgIpc) is 2.69. The molecule has 0 aromatic rings. The van der Waals surface area contributed by atoms with Crippen molar-refractivity contribution < 1.29 is 19.1 Å². The number of allylic oxidation sites excluding steroid dienone is 3. The molecule has 0 spiro atoms. The Balaban J connectivity index is 2.18. The van der Waals surface area contributed by atoms with Gasteiger partial charge in [-0.3, -0.25) is 9.59 Å². The maximum Gasteiger partial charge on any atom is 0.259 e. The number of ketones is 1. The van der Waals surface area contributed by atoms with E-state index in [1.165, 1.54) is 0 Å². The van der Waals surface area contributed by atoms with Crippen molar-refractivity contribution in [1.29, 1.82) is 0 Å². The van der Waals surface area contributed by atoms with Crippen molar-refractivity contribution >= 4 is 11.7 Å². The van der Waals surface area contributed by atoms with E-state index in [1.54, 1.807) is 25.3 Å². The van der Waals surface area contributed by atoms with Gasteiger partial charge in [0.05, 0.1) is 12.6 Å². The van der Waals surface area contributed by atoms with Gasteiger partial charge in [-0.1, -0.05) is 6.08 Å². The number of ether oxygens (including phenoxy) is 2. The molecule has 1 unspecified atom stereocenters. The summed E-state index contributed by atoms with van der Waals surface area (Å²) in [4.78, 5) is 23.1. The molecule has 5 heteroatoms. The molecule has 18 heavy (non-hydrogen) atoms. The molecule has 2 heterocycles. The molecule has 2 aliphatic heterocycles. The van der Waals surface area contributed by atoms with Crippen molar-refractivity contribution in [3.63, 3.8) is 0 Å². The highest BCUT2D eigenvalue weighted by Gasteiger charge is 2.30. The minimum Gasteiger partial charge on any atom is -0.461 e. The predicted octanol–water partition coefficient (Wildman–Crippen LogP) is 0.835. The average molecular weight is 249 g/mol. The van der Waals surface area contributed by atoms with Crippen molar-refractivity contribution in [2.24, 2.45) is 0 Å². The highest BCUT2D eigenvalue weighted by atomic mass is 16.5. The SMILES string of the molecule is COC(C)CC1=CC=CC(=C2C(=O)CNC2=O)O1. The lowest BCUT2D eigenvalue weighted by Gasteiger charge is -2.17. The minimum absolute atomic E-state index is 0.0158. The summed E-state index contributed by atoms with van der Waals surface area (Å²) < 4.78 is 10.7. The fourth-order valence-corrected chi connectivity index (χ4v) is 1.78. The third kappa shape index (κ3) is 2.51. The van der Waals surface area contributed by atoms with Crippen LogP contribution in [-0.2, 0) is 19.1 Å². The third-order valence-corrected chi connectivity index (χ3v) is 2.82. The Morgan fingerprint density at radius 1 is 1.50 bits per heavy atom. The monoisotopic (exact) mass is 249 g/mol. The Bertz CT molecular complexity index is 455. The second kappa shape index (κ2) is 5.18. The number of carbonyl (C=O) groups excluding carboxylic acids is 2. The molecule has 0 aromatic carbocycles. The number of amides is 1. The lowest BCUT2D eigenvalue weighted by Crippen LogP contribution is -2.16. The van der Waals surface area contributed by atoms with Gasteiger partial charge in [0.15, 0.2) is 5.78 Å². The van der Waals surface area contributed by atoms with Crippen LogP contribution in [0.1, 0.15) is 13.3 Å². The van der Waals surface area contributed by atoms with Gasteiger partial charge in [-0.2, -0.15) is 0 Å². The lowest BCUT2D eigenvalue weighted by atomic mass is 10.1. The van der Waals surface area contributed by atoms with Crippen molar-refractivity contribution in [2.45, 2.75) is 19.4 Å². The van der Waals surface area contributed by atoms with Crippen LogP contribution >= 0.6 is 0 Å². The van der Waals surface area contributed by atoms with E-state index in [2.05, 4.69) is 5.32 Å². The second-order valence-electron chi connectivity index (χ2n) is 4.19. The van der Waals surface area contributed by atoms with Gasteiger partial charge in [-0.25, -0.2) is 0 Å². The van der Waals surface area contributed by atoms with E-state index in [-0.39, 0.29) is 29.9 Å². The summed E-state index contributed by atoms with van der Waals surface area (Å²) in [7, 11) is 1.62. The van der Waals surface area contributed by atoms with E-state index in [4.69, 9.17) is 9.47 Å². The molecule has 1 atom stereocenters. The maximum atomic E-state index is 11.6. The molecule has 0 aliphatic carbocycles. The Morgan fingerprint density at radius 3 is 2.89 bits per heavy atom. The van der Waals surface area contributed by atoms with E-state index < -0.39 is 0 Å². The largest absolute Gasteiger partial charge is 0.461 e. The van der Waals surface area contributed by atoms with E-state index in [9.17, 15) is 9.59 Å². The van der Waals surface area contributed by atoms with Crippen molar-refractivity contribution in [1.82, 2.24) is 5.32 Å². The van der Waals surface area contributed by atoms with Gasteiger partial charge in [-0.05, 0) is 19.1 Å². The molecular weight excluding hydrogens is 234 g/mol. The number of Topliss-reactive ketones (excluding diaryl/α,β-unsaturated/α-hetero) is 1. The van der Waals surface area contributed by atoms with Gasteiger partial charge in [0.2, 0.25) is 0 Å². The van der Waals surface area contributed by atoms with E-state index in [0.29, 0.717) is 17.9 Å². The summed E-state index contributed by atoms with van der Waals surface area (Å²) >= 11 is 0. The smallest absolute Gasteiger partial charge is 0.259 e. The third-order valence-electron chi connectivity index (χ3n) is 2.82. The number of carbonyl (C=O) groups is 2. The molecular formula is C13H15NO4. The molecule has 0 bridgehead atoms. The summed E-state index contributed by atoms with van der Waals surface area (Å²) in [5.74, 6) is 0.388. The van der Waals surface area contributed by atoms with Crippen LogP contribution in [0.25, 0.3) is 0 Å². The first-order chi connectivity index (χ1) is 8.61. The fourth-order valence-electron chi connectivity index (χ4n) is 1.78. The summed E-state index contributed by atoms with van der Waals surface area (Å²) in [6.07, 6.45) is 5.80. The van der Waals surface area contributed by atoms with Crippen molar-refractivity contribution in [3.8, 4) is 0 Å². The highest BCUT2D eigenvalue weighted by molar-refractivity contribution is 6.25. The fraction of sp³-hybridized carbons (Fsp3) is 0.385. The van der Waals surface area contributed by atoms with Crippen LogP contribution in [0, 0.1) is 0 Å². The second-order valence-corrected chi connectivity index (χ2v) is 4.19. The van der Waals surface area contributed by atoms with Gasteiger partial charge in [0.25, 0.3) is 5.91 Å². The normalized spacial score (nSPS) is 24.7. The van der Waals surface area contributed by atoms with Crippen LogP contribution in [-0.4, -0.2) is 31.4 Å². The van der Waals surface area contributed by atoms with Crippen LogP contribution in [0.2, 0.25) is 0 Å². The number of nitrogens with one attached hydrogen (secondary N) is 1. The van der Waals surface area contributed by atoms with Gasteiger partial charge in [0.1, 0.15) is 17.1 Å². The quantitative estimate of drug-likeness (QED) is 0.594. The zero-order valence-electron chi connectivity index (χ0n) is 10.4. The molecule has 2 rings (SSSR count). The highest BCUT2D eigenvalue weighted by Crippen LogP contribution is 2.23. The van der Waals surface area contributed by atoms with Gasteiger partial charge >= 0.3 is 0 Å². The van der Waals surface area contributed by atoms with Crippen LogP contribution in [0.3, 0.4) is 0 Å². The molecule has 5 nitrogen and oxygen atoms in total. The van der Waals surface area contributed by atoms with Gasteiger partial charge in [-0.15, -0.1) is 0 Å². The first kappa shape index (κ1) is 12.6. The number of hydrogen-bond acceptors (Lipinski definition) is 4. The first-order valence-electron chi connectivity index (χ1n) is 5.75. The van der Waals surface area contributed by atoms with E-state index in [1.807, 2.05) is 6.92 Å². The minimum atomic E-state index is -0.374. The van der Waals surface area contributed by atoms with Gasteiger partial charge < -0.3 is 14.8 Å². The first-order valence-corrected chi connectivity index (χ1v) is 5.75. The van der Waals surface area contributed by atoms with Crippen LogP contribution in [0.15, 0.2) is 35.3 Å². The summed E-state index contributed by atoms with van der Waals surface area (Å²) in [6, 6.07) is 0. The Kier molecular flexibility index (Phi) is 3.62. The van der Waals surface area contributed by atoms with Crippen LogP contribution in [0.5, 0.6) is 0 Å². The number of rotatable bonds is 3. The molecule has 1 fully saturated rings. The van der Waals surface area contributed by atoms with Crippen LogP contribution in [0.4, 0.5) is 0 Å². The van der Waals surface area contributed by atoms with Gasteiger partial charge in [0, 0.05) is 13.5 Å². The summed E-state index contributed by atoms with van der Waals surface area (Å²) in [6.45, 7) is 1.96. The maximum absolute atomic E-state index is 11.6. The van der Waals surface area contributed by atoms with Crippen molar-refractivity contribution in [2.75, 3.05) is 13.7 Å². The Morgan fingerprint density at radius 2 is 2.28 bits per heavy atom. The predicted molar refractivity (Wildman–Crippen MR) is 64.4 cm³/mol. The lowest BCUT2D eigenvalue weighted by molar-refractivity contribution is -0.117. The zero-order chi connectivity index (χ0) is 13.1. The molecule has 2 aliphatic rings. The molecule has 1 saturated heterocycles. The Hall–Kier alpha value is -1.88. The van der Waals surface area contributed by atoms with E-state index in [0.717, 1.165) is 0 Å². The standard InChI is InChI=1S/C13H15NO4/c1-8(17-2)6-9-4-3-5-11(18-9)12-10(15)7-14-13(12)16/h3-5,8H,6-7H2,1-2H3,(H,14,16). The van der Waals surface area contributed by atoms with Crippen molar-refractivity contribution in [3.05, 3.63) is 35.3 Å². The molecule has 1 N–H and O–H groups in total. The number of methoxy groups -OCH3 is 1. The molecule has 0 radical (unpaired) electrons. The summed E-state index contributed by atoms with van der Waals surface area (Å²) in [5, 5.41) is 2.48. The molecule has 0 aromatic heterocycles. The Labute approximate surface area is 105 Å². The topological polar surface area (TPSA) is 64.6 Å². The van der Waals surface area contributed by atoms with E-state index >= 15 is 0 Å². The molecule has 0 saturated carbocycles. The summed E-state index contributed by atoms with van der Waals surface area (Å²) in [5.41, 5.74) is 0.0990.